The topological polar surface area (TPSA) is 79.5 Å². The summed E-state index contributed by atoms with van der Waals surface area (Å²) in [4.78, 5) is 24.4. The molecule has 28 heavy (non-hydrogen) atoms. The Morgan fingerprint density at radius 2 is 2.07 bits per heavy atom. The number of ether oxygens (including phenoxy) is 1. The summed E-state index contributed by atoms with van der Waals surface area (Å²) < 4.78 is 5.92. The number of carbonyl (C=O) groups excluding carboxylic acids is 2. The van der Waals surface area contributed by atoms with Crippen molar-refractivity contribution in [3.63, 3.8) is 0 Å². The molecule has 3 N–H and O–H groups in total. The molecule has 150 valence electrons. The van der Waals surface area contributed by atoms with Crippen molar-refractivity contribution in [3.05, 3.63) is 29.8 Å². The number of hydrogen-bond acceptors (Lipinski definition) is 3. The summed E-state index contributed by atoms with van der Waals surface area (Å²) in [5, 5.41) is 8.46. The van der Waals surface area contributed by atoms with Crippen LogP contribution in [-0.4, -0.2) is 37.2 Å². The zero-order valence-corrected chi connectivity index (χ0v) is 16.4. The van der Waals surface area contributed by atoms with Crippen LogP contribution in [0.2, 0.25) is 0 Å². The van der Waals surface area contributed by atoms with Crippen LogP contribution < -0.4 is 16.0 Å². The number of hydrogen-bond donors (Lipinski definition) is 3. The molecule has 0 radical (unpaired) electrons. The summed E-state index contributed by atoms with van der Waals surface area (Å²) in [5.41, 5.74) is 1.36. The Morgan fingerprint density at radius 1 is 1.29 bits per heavy atom. The minimum atomic E-state index is -0.308. The number of nitrogens with one attached hydrogen (secondary N) is 3. The monoisotopic (exact) mass is 383 g/mol. The first-order chi connectivity index (χ1) is 13.6. The molecule has 6 heteroatoms. The van der Waals surface area contributed by atoms with Gasteiger partial charge >= 0.3 is 6.03 Å². The van der Waals surface area contributed by atoms with Gasteiger partial charge in [-0.15, -0.1) is 6.42 Å². The number of anilines is 1. The molecule has 2 aliphatic rings. The van der Waals surface area contributed by atoms with Crippen LogP contribution in [0.3, 0.4) is 0 Å². The third-order valence-corrected chi connectivity index (χ3v) is 5.97. The fourth-order valence-corrected chi connectivity index (χ4v) is 4.53. The Kier molecular flexibility index (Phi) is 6.58. The molecule has 0 heterocycles. The fraction of sp³-hybridized carbons (Fsp3) is 0.545. The van der Waals surface area contributed by atoms with Gasteiger partial charge in [0.1, 0.15) is 0 Å². The standard InChI is InChI=1S/C22H29N3O3/c1-3-16-9-8-10-17(13-16)24-20(26)15-23-21(27)25-18-14-19(28-4-2)22(18)11-6-5-7-12-22/h1,8-10,13,18-19H,4-7,11-12,14-15H2,2H3,(H,24,26)(H2,23,25,27)/t18-,19+/m0/s1. The van der Waals surface area contributed by atoms with Gasteiger partial charge in [0.05, 0.1) is 12.6 Å². The first kappa shape index (κ1) is 20.2. The van der Waals surface area contributed by atoms with E-state index in [0.717, 1.165) is 19.3 Å². The highest BCUT2D eigenvalue weighted by atomic mass is 16.5. The van der Waals surface area contributed by atoms with Gasteiger partial charge in [-0.2, -0.15) is 0 Å². The van der Waals surface area contributed by atoms with Crippen molar-refractivity contribution in [1.29, 1.82) is 0 Å². The summed E-state index contributed by atoms with van der Waals surface area (Å²) in [7, 11) is 0. The molecular weight excluding hydrogens is 354 g/mol. The van der Waals surface area contributed by atoms with Crippen molar-refractivity contribution >= 4 is 17.6 Å². The maximum Gasteiger partial charge on any atom is 0.315 e. The number of carbonyl (C=O) groups is 2. The van der Waals surface area contributed by atoms with E-state index in [0.29, 0.717) is 17.9 Å². The van der Waals surface area contributed by atoms with E-state index in [9.17, 15) is 9.59 Å². The molecule has 6 nitrogen and oxygen atoms in total. The van der Waals surface area contributed by atoms with E-state index in [1.165, 1.54) is 19.3 Å². The molecule has 1 spiro atoms. The summed E-state index contributed by atoms with van der Waals surface area (Å²) in [6.45, 7) is 2.62. The first-order valence-corrected chi connectivity index (χ1v) is 10.1. The minimum absolute atomic E-state index is 0.0590. The molecule has 2 saturated carbocycles. The summed E-state index contributed by atoms with van der Waals surface area (Å²) in [6, 6.07) is 6.84. The average molecular weight is 383 g/mol. The van der Waals surface area contributed by atoms with Crippen LogP contribution in [0.5, 0.6) is 0 Å². The van der Waals surface area contributed by atoms with Gasteiger partial charge in [-0.05, 0) is 44.4 Å². The van der Waals surface area contributed by atoms with Crippen molar-refractivity contribution < 1.29 is 14.3 Å². The third kappa shape index (κ3) is 4.48. The Bertz CT molecular complexity index is 750. The second-order valence-corrected chi connectivity index (χ2v) is 7.63. The average Bonchev–Trinajstić information content (AvgIpc) is 2.72. The number of rotatable bonds is 6. The van der Waals surface area contributed by atoms with Crippen molar-refractivity contribution in [1.82, 2.24) is 10.6 Å². The molecule has 3 amide bonds. The molecule has 0 aliphatic heterocycles. The van der Waals surface area contributed by atoms with Crippen molar-refractivity contribution in [2.45, 2.75) is 57.6 Å². The summed E-state index contributed by atoms with van der Waals surface area (Å²) in [6.07, 6.45) is 12.2. The number of amides is 3. The van der Waals surface area contributed by atoms with Gasteiger partial charge in [0, 0.05) is 29.3 Å². The van der Waals surface area contributed by atoms with Crippen molar-refractivity contribution in [2.24, 2.45) is 5.41 Å². The normalized spacial score (nSPS) is 22.6. The van der Waals surface area contributed by atoms with Crippen molar-refractivity contribution in [3.8, 4) is 12.3 Å². The van der Waals surface area contributed by atoms with E-state index < -0.39 is 0 Å². The van der Waals surface area contributed by atoms with Gasteiger partial charge in [-0.25, -0.2) is 4.79 Å². The van der Waals surface area contributed by atoms with E-state index >= 15 is 0 Å². The lowest BCUT2D eigenvalue weighted by Crippen LogP contribution is -2.66. The fourth-order valence-electron chi connectivity index (χ4n) is 4.53. The van der Waals surface area contributed by atoms with Crippen LogP contribution in [0.15, 0.2) is 24.3 Å². The lowest BCUT2D eigenvalue weighted by Gasteiger charge is -2.57. The smallest absolute Gasteiger partial charge is 0.315 e. The maximum atomic E-state index is 12.3. The predicted octanol–water partition coefficient (Wildman–Crippen LogP) is 3.03. The van der Waals surface area contributed by atoms with Gasteiger partial charge in [0.2, 0.25) is 5.91 Å². The molecule has 2 fully saturated rings. The number of urea groups is 1. The first-order valence-electron chi connectivity index (χ1n) is 10.1. The van der Waals surface area contributed by atoms with E-state index in [1.807, 2.05) is 6.92 Å². The van der Waals surface area contributed by atoms with Crippen LogP contribution in [0.1, 0.15) is 51.0 Å². The Hall–Kier alpha value is -2.52. The maximum absolute atomic E-state index is 12.3. The Balaban J connectivity index is 1.47. The lowest BCUT2D eigenvalue weighted by atomic mass is 9.55. The Labute approximate surface area is 166 Å². The predicted molar refractivity (Wildman–Crippen MR) is 109 cm³/mol. The van der Waals surface area contributed by atoms with Crippen LogP contribution in [0.25, 0.3) is 0 Å². The zero-order valence-electron chi connectivity index (χ0n) is 16.4. The highest BCUT2D eigenvalue weighted by Crippen LogP contribution is 2.53. The van der Waals surface area contributed by atoms with E-state index in [2.05, 4.69) is 21.9 Å². The molecule has 2 aliphatic carbocycles. The van der Waals surface area contributed by atoms with E-state index in [4.69, 9.17) is 11.2 Å². The molecule has 0 saturated heterocycles. The number of terminal acetylenes is 1. The molecule has 2 atom stereocenters. The molecular formula is C22H29N3O3. The second kappa shape index (κ2) is 9.11. The SMILES string of the molecule is C#Cc1cccc(NC(=O)CNC(=O)N[C@H]2C[C@@H](OCC)C23CCCCC3)c1. The molecule has 0 aromatic heterocycles. The van der Waals surface area contributed by atoms with E-state index in [-0.39, 0.29) is 36.0 Å². The van der Waals surface area contributed by atoms with Crippen LogP contribution in [0, 0.1) is 17.8 Å². The summed E-state index contributed by atoms with van der Waals surface area (Å²) >= 11 is 0. The highest BCUT2D eigenvalue weighted by Gasteiger charge is 2.56. The zero-order chi connectivity index (χ0) is 20.0. The molecule has 0 unspecified atom stereocenters. The second-order valence-electron chi connectivity index (χ2n) is 7.63. The molecule has 0 bridgehead atoms. The quantitative estimate of drug-likeness (QED) is 0.661. The largest absolute Gasteiger partial charge is 0.378 e. The third-order valence-electron chi connectivity index (χ3n) is 5.97. The van der Waals surface area contributed by atoms with Gasteiger partial charge in [0.25, 0.3) is 0 Å². The highest BCUT2D eigenvalue weighted by molar-refractivity contribution is 5.94. The van der Waals surface area contributed by atoms with Crippen LogP contribution >= 0.6 is 0 Å². The van der Waals surface area contributed by atoms with Crippen LogP contribution in [0.4, 0.5) is 10.5 Å². The van der Waals surface area contributed by atoms with Gasteiger partial charge in [-0.1, -0.05) is 31.2 Å². The van der Waals surface area contributed by atoms with Crippen molar-refractivity contribution in [2.75, 3.05) is 18.5 Å². The Morgan fingerprint density at radius 3 is 2.79 bits per heavy atom. The van der Waals surface area contributed by atoms with Gasteiger partial charge in [0.15, 0.2) is 0 Å². The lowest BCUT2D eigenvalue weighted by molar-refractivity contribution is -0.146. The van der Waals surface area contributed by atoms with Crippen LogP contribution in [-0.2, 0) is 9.53 Å². The molecule has 1 aromatic carbocycles. The van der Waals surface area contributed by atoms with E-state index in [1.54, 1.807) is 24.3 Å². The molecule has 3 rings (SSSR count). The summed E-state index contributed by atoms with van der Waals surface area (Å²) in [5.74, 6) is 2.23. The number of benzene rings is 1. The molecule has 1 aromatic rings. The minimum Gasteiger partial charge on any atom is -0.378 e. The van der Waals surface area contributed by atoms with Gasteiger partial charge in [-0.3, -0.25) is 4.79 Å². The van der Waals surface area contributed by atoms with Gasteiger partial charge < -0.3 is 20.7 Å².